The molecule has 2 aliphatic rings. The molecular formula is C14H28P2. The molecule has 94 valence electrons. The second-order valence-electron chi connectivity index (χ2n) is 5.84. The first-order valence-corrected chi connectivity index (χ1v) is 11.3. The van der Waals surface area contributed by atoms with Gasteiger partial charge in [-0.25, -0.2) is 0 Å². The Morgan fingerprint density at radius 3 is 1.31 bits per heavy atom. The van der Waals surface area contributed by atoms with Crippen LogP contribution >= 0.6 is 15.8 Å². The normalized spacial score (nSPS) is 27.4. The van der Waals surface area contributed by atoms with Crippen LogP contribution in [0.2, 0.25) is 0 Å². The van der Waals surface area contributed by atoms with Crippen LogP contribution in [0.25, 0.3) is 0 Å². The second-order valence-corrected chi connectivity index (χ2v) is 11.2. The van der Waals surface area contributed by atoms with Gasteiger partial charge in [0, 0.05) is 0 Å². The Morgan fingerprint density at radius 1 is 0.688 bits per heavy atom. The summed E-state index contributed by atoms with van der Waals surface area (Å²) in [7, 11) is 0.775. The average molecular weight is 258 g/mol. The van der Waals surface area contributed by atoms with Crippen LogP contribution in [0.1, 0.15) is 51.4 Å². The lowest BCUT2D eigenvalue weighted by molar-refractivity contribution is 0.885. The Balaban J connectivity index is 1.65. The summed E-state index contributed by atoms with van der Waals surface area (Å²) in [6.45, 7) is 5.17. The van der Waals surface area contributed by atoms with E-state index in [1.165, 1.54) is 25.7 Å². The van der Waals surface area contributed by atoms with Gasteiger partial charge in [-0.15, -0.1) is 15.8 Å². The molecule has 0 radical (unpaired) electrons. The molecule has 0 nitrogen and oxygen atoms in total. The number of rotatable bonds is 5. The zero-order chi connectivity index (χ0) is 11.4. The molecule has 0 bridgehead atoms. The van der Waals surface area contributed by atoms with E-state index < -0.39 is 0 Å². The summed E-state index contributed by atoms with van der Waals surface area (Å²) in [6, 6.07) is 0. The van der Waals surface area contributed by atoms with Gasteiger partial charge in [0.2, 0.25) is 0 Å². The van der Waals surface area contributed by atoms with Gasteiger partial charge in [-0.3, -0.25) is 0 Å². The van der Waals surface area contributed by atoms with Gasteiger partial charge in [-0.1, -0.05) is 25.7 Å². The van der Waals surface area contributed by atoms with Crippen molar-refractivity contribution in [2.45, 2.75) is 62.7 Å². The summed E-state index contributed by atoms with van der Waals surface area (Å²) in [5.74, 6) is 0. The second kappa shape index (κ2) is 6.70. The maximum absolute atomic E-state index is 2.59. The molecule has 0 aliphatic heterocycles. The first-order valence-electron chi connectivity index (χ1n) is 7.18. The van der Waals surface area contributed by atoms with E-state index in [-0.39, 0.29) is 0 Å². The summed E-state index contributed by atoms with van der Waals surface area (Å²) in [5, 5.41) is 0. The molecule has 2 rings (SSSR count). The third-order valence-corrected chi connectivity index (χ3v) is 10.4. The predicted molar refractivity (Wildman–Crippen MR) is 79.9 cm³/mol. The van der Waals surface area contributed by atoms with Crippen molar-refractivity contribution in [3.05, 3.63) is 0 Å². The van der Waals surface area contributed by atoms with Gasteiger partial charge in [-0.2, -0.15) is 0 Å². The highest BCUT2D eigenvalue weighted by Crippen LogP contribution is 2.51. The van der Waals surface area contributed by atoms with E-state index in [4.69, 9.17) is 0 Å². The van der Waals surface area contributed by atoms with E-state index in [0.29, 0.717) is 15.8 Å². The minimum atomic E-state index is 0.388. The molecule has 0 aromatic rings. The van der Waals surface area contributed by atoms with Crippen molar-refractivity contribution < 1.29 is 0 Å². The Labute approximate surface area is 104 Å². The topological polar surface area (TPSA) is 0 Å². The molecule has 2 atom stereocenters. The van der Waals surface area contributed by atoms with E-state index in [1.807, 2.05) is 0 Å². The van der Waals surface area contributed by atoms with E-state index in [1.54, 1.807) is 38.0 Å². The van der Waals surface area contributed by atoms with Crippen LogP contribution in [0.5, 0.6) is 0 Å². The van der Waals surface area contributed by atoms with Crippen molar-refractivity contribution in [2.24, 2.45) is 0 Å². The van der Waals surface area contributed by atoms with E-state index in [2.05, 4.69) is 13.3 Å². The molecule has 2 saturated carbocycles. The molecule has 0 unspecified atom stereocenters. The molecule has 16 heavy (non-hydrogen) atoms. The molecule has 0 aromatic carbocycles. The largest absolute Gasteiger partial charge is 0.106 e. The summed E-state index contributed by atoms with van der Waals surface area (Å²) in [4.78, 5) is 0. The minimum absolute atomic E-state index is 0.388. The van der Waals surface area contributed by atoms with Gasteiger partial charge in [0.05, 0.1) is 0 Å². The fraction of sp³-hybridized carbons (Fsp3) is 1.00. The van der Waals surface area contributed by atoms with E-state index >= 15 is 0 Å². The monoisotopic (exact) mass is 258 g/mol. The van der Waals surface area contributed by atoms with Crippen LogP contribution in [-0.4, -0.2) is 37.0 Å². The Hall–Kier alpha value is 0.860. The van der Waals surface area contributed by atoms with Crippen molar-refractivity contribution >= 4 is 15.8 Å². The first-order chi connectivity index (χ1) is 7.77. The quantitative estimate of drug-likeness (QED) is 0.602. The number of hydrogen-bond acceptors (Lipinski definition) is 0. The average Bonchev–Trinajstić information content (AvgIpc) is 2.95. The van der Waals surface area contributed by atoms with Gasteiger partial charge < -0.3 is 0 Å². The number of hydrogen-bond donors (Lipinski definition) is 0. The Kier molecular flexibility index (Phi) is 5.57. The van der Waals surface area contributed by atoms with Crippen LogP contribution in [0, 0.1) is 0 Å². The summed E-state index contributed by atoms with van der Waals surface area (Å²) < 4.78 is 0. The molecule has 2 fully saturated rings. The lowest BCUT2D eigenvalue weighted by Crippen LogP contribution is -2.07. The Bertz CT molecular complexity index is 171. The first kappa shape index (κ1) is 13.3. The molecule has 2 aliphatic carbocycles. The van der Waals surface area contributed by atoms with Crippen LogP contribution in [0.15, 0.2) is 0 Å². The van der Waals surface area contributed by atoms with Gasteiger partial charge in [0.25, 0.3) is 0 Å². The van der Waals surface area contributed by atoms with Crippen molar-refractivity contribution in [1.29, 1.82) is 0 Å². The van der Waals surface area contributed by atoms with Gasteiger partial charge in [0.15, 0.2) is 0 Å². The van der Waals surface area contributed by atoms with E-state index in [0.717, 1.165) is 11.3 Å². The lowest BCUT2D eigenvalue weighted by atomic mass is 10.4. The SMILES string of the molecule is C[P@@](CC[P@](C)C1CCCC1)C1CCCC1. The van der Waals surface area contributed by atoms with Crippen LogP contribution in [0.4, 0.5) is 0 Å². The fourth-order valence-corrected chi connectivity index (χ4v) is 9.12. The Morgan fingerprint density at radius 2 is 1.00 bits per heavy atom. The highest BCUT2D eigenvalue weighted by molar-refractivity contribution is 7.61. The lowest BCUT2D eigenvalue weighted by Gasteiger charge is -2.24. The third-order valence-electron chi connectivity index (χ3n) is 4.70. The van der Waals surface area contributed by atoms with Crippen LogP contribution in [0.3, 0.4) is 0 Å². The zero-order valence-electron chi connectivity index (χ0n) is 11.1. The van der Waals surface area contributed by atoms with Crippen molar-refractivity contribution in [2.75, 3.05) is 25.7 Å². The molecular weight excluding hydrogens is 230 g/mol. The fourth-order valence-electron chi connectivity index (χ4n) is 3.37. The summed E-state index contributed by atoms with van der Waals surface area (Å²) in [6.07, 6.45) is 15.6. The third kappa shape index (κ3) is 3.68. The molecule has 0 heterocycles. The summed E-state index contributed by atoms with van der Waals surface area (Å²) >= 11 is 0. The highest BCUT2D eigenvalue weighted by atomic mass is 31.1. The van der Waals surface area contributed by atoms with Gasteiger partial charge in [0.1, 0.15) is 0 Å². The summed E-state index contributed by atoms with van der Waals surface area (Å²) in [5.41, 5.74) is 2.31. The molecule has 0 N–H and O–H groups in total. The van der Waals surface area contributed by atoms with Crippen LogP contribution in [-0.2, 0) is 0 Å². The van der Waals surface area contributed by atoms with Crippen molar-refractivity contribution in [3.8, 4) is 0 Å². The van der Waals surface area contributed by atoms with Crippen molar-refractivity contribution in [1.82, 2.24) is 0 Å². The molecule has 0 spiro atoms. The predicted octanol–water partition coefficient (Wildman–Crippen LogP) is 5.10. The molecule has 0 saturated heterocycles. The molecule has 0 aromatic heterocycles. The van der Waals surface area contributed by atoms with Gasteiger partial charge in [-0.05, 0) is 62.7 Å². The minimum Gasteiger partial charge on any atom is -0.106 e. The maximum atomic E-state index is 2.59. The van der Waals surface area contributed by atoms with Crippen LogP contribution < -0.4 is 0 Å². The van der Waals surface area contributed by atoms with E-state index in [9.17, 15) is 0 Å². The van der Waals surface area contributed by atoms with Crippen molar-refractivity contribution in [3.63, 3.8) is 0 Å². The maximum Gasteiger partial charge on any atom is -0.0212 e. The highest BCUT2D eigenvalue weighted by Gasteiger charge is 2.24. The molecule has 0 amide bonds. The standard InChI is InChI=1S/C14H28P2/c1-15(13-7-3-4-8-13)11-12-16(2)14-9-5-6-10-14/h13-14H,3-12H2,1-2H3/t15-,16-/m0/s1. The molecule has 2 heteroatoms. The zero-order valence-corrected chi connectivity index (χ0v) is 12.9. The smallest absolute Gasteiger partial charge is 0.0212 e. The van der Waals surface area contributed by atoms with Gasteiger partial charge >= 0.3 is 0 Å².